The minimum atomic E-state index is -1.25. The molecular weight excluding hydrogens is 315 g/mol. The summed E-state index contributed by atoms with van der Waals surface area (Å²) in [7, 11) is 0. The van der Waals surface area contributed by atoms with Gasteiger partial charge >= 0.3 is 12.0 Å². The SMILES string of the molecule is C#CC(CCC)NC(=O)Nc1c(Cl)cc(Cl)cc1C(=O)O. The third kappa shape index (κ3) is 4.85. The van der Waals surface area contributed by atoms with Crippen molar-refractivity contribution in [1.29, 1.82) is 0 Å². The van der Waals surface area contributed by atoms with Gasteiger partial charge in [0.05, 0.1) is 22.3 Å². The standard InChI is InChI=1S/C14H14Cl2N2O3/c1-3-5-9(4-2)17-14(21)18-12-10(13(19)20)6-8(15)7-11(12)16/h2,6-7,9H,3,5H2,1H3,(H,19,20)(H2,17,18,21). The zero-order chi connectivity index (χ0) is 16.0. The lowest BCUT2D eigenvalue weighted by atomic mass is 10.1. The molecule has 1 aromatic carbocycles. The van der Waals surface area contributed by atoms with Crippen LogP contribution in [0.5, 0.6) is 0 Å². The van der Waals surface area contributed by atoms with Gasteiger partial charge in [-0.05, 0) is 18.6 Å². The topological polar surface area (TPSA) is 78.4 Å². The van der Waals surface area contributed by atoms with Gasteiger partial charge in [-0.25, -0.2) is 9.59 Å². The Labute approximate surface area is 132 Å². The highest BCUT2D eigenvalue weighted by atomic mass is 35.5. The second-order valence-corrected chi connectivity index (χ2v) is 5.07. The molecule has 1 unspecified atom stereocenters. The molecule has 5 nitrogen and oxygen atoms in total. The predicted octanol–water partition coefficient (Wildman–Crippen LogP) is 3.62. The van der Waals surface area contributed by atoms with Crippen molar-refractivity contribution < 1.29 is 14.7 Å². The zero-order valence-electron chi connectivity index (χ0n) is 11.2. The number of aromatic carboxylic acids is 1. The van der Waals surface area contributed by atoms with Crippen LogP contribution in [0.25, 0.3) is 0 Å². The van der Waals surface area contributed by atoms with Gasteiger partial charge in [-0.15, -0.1) is 6.42 Å². The van der Waals surface area contributed by atoms with Gasteiger partial charge in [0.25, 0.3) is 0 Å². The van der Waals surface area contributed by atoms with Crippen molar-refractivity contribution in [3.63, 3.8) is 0 Å². The summed E-state index contributed by atoms with van der Waals surface area (Å²) in [6.07, 6.45) is 6.72. The molecule has 0 saturated heterocycles. The third-order valence-electron chi connectivity index (χ3n) is 2.61. The summed E-state index contributed by atoms with van der Waals surface area (Å²) in [5.41, 5.74) is -0.228. The first kappa shape index (κ1) is 17.2. The zero-order valence-corrected chi connectivity index (χ0v) is 12.8. The Morgan fingerprint density at radius 1 is 1.43 bits per heavy atom. The van der Waals surface area contributed by atoms with Crippen molar-refractivity contribution in [3.05, 3.63) is 27.7 Å². The predicted molar refractivity (Wildman–Crippen MR) is 83.1 cm³/mol. The molecule has 0 saturated carbocycles. The van der Waals surface area contributed by atoms with Crippen LogP contribution in [0.15, 0.2) is 12.1 Å². The second kappa shape index (κ2) is 7.77. The molecule has 0 aliphatic heterocycles. The number of carbonyl (C=O) groups is 2. The van der Waals surface area contributed by atoms with E-state index in [0.717, 1.165) is 6.42 Å². The van der Waals surface area contributed by atoms with E-state index in [1.165, 1.54) is 12.1 Å². The number of amides is 2. The molecular formula is C14H14Cl2N2O3. The molecule has 0 aliphatic rings. The van der Waals surface area contributed by atoms with Crippen LogP contribution in [0.4, 0.5) is 10.5 Å². The second-order valence-electron chi connectivity index (χ2n) is 4.22. The number of anilines is 1. The molecule has 0 aliphatic carbocycles. The van der Waals surface area contributed by atoms with Crippen molar-refractivity contribution in [2.75, 3.05) is 5.32 Å². The fraction of sp³-hybridized carbons (Fsp3) is 0.286. The Kier molecular flexibility index (Phi) is 6.35. The Morgan fingerprint density at radius 2 is 2.10 bits per heavy atom. The maximum atomic E-state index is 11.9. The fourth-order valence-corrected chi connectivity index (χ4v) is 2.20. The van der Waals surface area contributed by atoms with E-state index in [1.54, 1.807) is 0 Å². The van der Waals surface area contributed by atoms with E-state index in [0.29, 0.717) is 6.42 Å². The van der Waals surface area contributed by atoms with E-state index in [1.807, 2.05) is 6.92 Å². The van der Waals surface area contributed by atoms with E-state index in [2.05, 4.69) is 16.6 Å². The van der Waals surface area contributed by atoms with Gasteiger partial charge in [-0.3, -0.25) is 0 Å². The summed E-state index contributed by atoms with van der Waals surface area (Å²) in [6.45, 7) is 1.93. The summed E-state index contributed by atoms with van der Waals surface area (Å²) >= 11 is 11.7. The monoisotopic (exact) mass is 328 g/mol. The number of halogens is 2. The number of carboxylic acid groups (broad SMARTS) is 1. The number of nitrogens with one attached hydrogen (secondary N) is 2. The molecule has 2 amide bonds. The number of carboxylic acids is 1. The molecule has 0 aromatic heterocycles. The lowest BCUT2D eigenvalue weighted by Gasteiger charge is -2.15. The Balaban J connectivity index is 2.95. The number of hydrogen-bond donors (Lipinski definition) is 3. The van der Waals surface area contributed by atoms with Gasteiger partial charge in [-0.1, -0.05) is 42.5 Å². The highest BCUT2D eigenvalue weighted by Gasteiger charge is 2.18. The molecule has 0 fully saturated rings. The number of terminal acetylenes is 1. The lowest BCUT2D eigenvalue weighted by Crippen LogP contribution is -2.37. The summed E-state index contributed by atoms with van der Waals surface area (Å²) in [5, 5.41) is 14.3. The van der Waals surface area contributed by atoms with Crippen LogP contribution in [0, 0.1) is 12.3 Å². The van der Waals surface area contributed by atoms with Crippen molar-refractivity contribution in [2.45, 2.75) is 25.8 Å². The van der Waals surface area contributed by atoms with Crippen LogP contribution < -0.4 is 10.6 Å². The molecule has 1 atom stereocenters. The molecule has 0 spiro atoms. The number of rotatable bonds is 5. The van der Waals surface area contributed by atoms with Gasteiger partial charge in [0.15, 0.2) is 0 Å². The summed E-state index contributed by atoms with van der Waals surface area (Å²) in [6, 6.07) is 1.49. The normalized spacial score (nSPS) is 11.3. The van der Waals surface area contributed by atoms with Crippen molar-refractivity contribution in [1.82, 2.24) is 5.32 Å². The smallest absolute Gasteiger partial charge is 0.337 e. The quantitative estimate of drug-likeness (QED) is 0.722. The van der Waals surface area contributed by atoms with Crippen LogP contribution in [0.3, 0.4) is 0 Å². The van der Waals surface area contributed by atoms with Crippen molar-refractivity contribution in [2.24, 2.45) is 0 Å². The van der Waals surface area contributed by atoms with Crippen LogP contribution in [0.1, 0.15) is 30.1 Å². The number of carbonyl (C=O) groups excluding carboxylic acids is 1. The number of benzene rings is 1. The summed E-state index contributed by atoms with van der Waals surface area (Å²) in [4.78, 5) is 23.0. The van der Waals surface area contributed by atoms with E-state index in [9.17, 15) is 9.59 Å². The average Bonchev–Trinajstić information content (AvgIpc) is 2.40. The van der Waals surface area contributed by atoms with Crippen LogP contribution in [-0.2, 0) is 0 Å². The average molecular weight is 329 g/mol. The van der Waals surface area contributed by atoms with Crippen LogP contribution >= 0.6 is 23.2 Å². The fourth-order valence-electron chi connectivity index (χ4n) is 1.66. The number of urea groups is 1. The van der Waals surface area contributed by atoms with Crippen LogP contribution in [-0.4, -0.2) is 23.1 Å². The Morgan fingerprint density at radius 3 is 2.62 bits per heavy atom. The van der Waals surface area contributed by atoms with E-state index >= 15 is 0 Å². The summed E-state index contributed by atoms with van der Waals surface area (Å²) < 4.78 is 0. The van der Waals surface area contributed by atoms with E-state index in [-0.39, 0.29) is 21.3 Å². The minimum Gasteiger partial charge on any atom is -0.478 e. The molecule has 0 bridgehead atoms. The first-order valence-corrected chi connectivity index (χ1v) is 6.90. The largest absolute Gasteiger partial charge is 0.478 e. The molecule has 0 radical (unpaired) electrons. The third-order valence-corrected chi connectivity index (χ3v) is 3.12. The lowest BCUT2D eigenvalue weighted by molar-refractivity contribution is 0.0698. The Bertz CT molecular complexity index is 597. The maximum absolute atomic E-state index is 11.9. The first-order chi connectivity index (χ1) is 9.88. The first-order valence-electron chi connectivity index (χ1n) is 6.15. The van der Waals surface area contributed by atoms with Crippen molar-refractivity contribution in [3.8, 4) is 12.3 Å². The van der Waals surface area contributed by atoms with Gasteiger partial charge in [0, 0.05) is 5.02 Å². The molecule has 1 aromatic rings. The molecule has 3 N–H and O–H groups in total. The van der Waals surface area contributed by atoms with Gasteiger partial charge < -0.3 is 15.7 Å². The van der Waals surface area contributed by atoms with E-state index in [4.69, 9.17) is 34.7 Å². The van der Waals surface area contributed by atoms with Gasteiger partial charge in [0.1, 0.15) is 0 Å². The van der Waals surface area contributed by atoms with Crippen LogP contribution in [0.2, 0.25) is 10.0 Å². The highest BCUT2D eigenvalue weighted by Crippen LogP contribution is 2.30. The maximum Gasteiger partial charge on any atom is 0.337 e. The molecule has 0 heterocycles. The van der Waals surface area contributed by atoms with Crippen molar-refractivity contribution >= 4 is 40.9 Å². The molecule has 7 heteroatoms. The molecule has 21 heavy (non-hydrogen) atoms. The number of hydrogen-bond acceptors (Lipinski definition) is 2. The van der Waals surface area contributed by atoms with Gasteiger partial charge in [-0.2, -0.15) is 0 Å². The Hall–Kier alpha value is -1.90. The molecule has 1 rings (SSSR count). The molecule has 112 valence electrons. The summed E-state index contributed by atoms with van der Waals surface area (Å²) in [5.74, 6) is 1.19. The van der Waals surface area contributed by atoms with E-state index < -0.39 is 18.0 Å². The van der Waals surface area contributed by atoms with Gasteiger partial charge in [0.2, 0.25) is 0 Å². The minimum absolute atomic E-state index is 0.0293. The highest BCUT2D eigenvalue weighted by molar-refractivity contribution is 6.37.